The van der Waals surface area contributed by atoms with Crippen LogP contribution in [0.25, 0.3) is 0 Å². The van der Waals surface area contributed by atoms with Crippen molar-refractivity contribution in [1.82, 2.24) is 10.2 Å². The number of carbonyl (C=O) groups is 1. The van der Waals surface area contributed by atoms with Crippen LogP contribution >= 0.6 is 11.3 Å². The Kier molecular flexibility index (Phi) is 4.90. The molecule has 0 saturated heterocycles. The van der Waals surface area contributed by atoms with Crippen LogP contribution in [0.15, 0.2) is 18.2 Å². The maximum Gasteiger partial charge on any atom is 0.248 e. The van der Waals surface area contributed by atoms with Crippen molar-refractivity contribution in [1.29, 1.82) is 0 Å². The third-order valence-corrected chi connectivity index (χ3v) is 4.08. The van der Waals surface area contributed by atoms with E-state index in [2.05, 4.69) is 46.8 Å². The van der Waals surface area contributed by atoms with Crippen LogP contribution in [0.2, 0.25) is 0 Å². The van der Waals surface area contributed by atoms with Gasteiger partial charge >= 0.3 is 0 Å². The van der Waals surface area contributed by atoms with E-state index < -0.39 is 0 Å². The molecule has 21 heavy (non-hydrogen) atoms. The summed E-state index contributed by atoms with van der Waals surface area (Å²) in [4.78, 5) is 12.3. The summed E-state index contributed by atoms with van der Waals surface area (Å²) in [5, 5.41) is 15.3. The van der Waals surface area contributed by atoms with E-state index >= 15 is 0 Å². The second kappa shape index (κ2) is 6.67. The molecular formula is C15H20N4OS. The molecule has 0 saturated carbocycles. The highest BCUT2D eigenvalue weighted by molar-refractivity contribution is 7.15. The molecule has 2 N–H and O–H groups in total. The number of rotatable bonds is 5. The van der Waals surface area contributed by atoms with Crippen LogP contribution in [0, 0.1) is 20.8 Å². The first-order valence-corrected chi connectivity index (χ1v) is 7.76. The monoisotopic (exact) mass is 304 g/mol. The minimum Gasteiger partial charge on any atom is -0.374 e. The Bertz CT molecular complexity index is 638. The zero-order chi connectivity index (χ0) is 15.4. The Hall–Kier alpha value is -1.95. The van der Waals surface area contributed by atoms with Crippen LogP contribution in [0.4, 0.5) is 10.8 Å². The lowest BCUT2D eigenvalue weighted by Crippen LogP contribution is -2.34. The van der Waals surface area contributed by atoms with Gasteiger partial charge in [-0.2, -0.15) is 0 Å². The van der Waals surface area contributed by atoms with Gasteiger partial charge < -0.3 is 5.32 Å². The standard InChI is InChI=1S/C15H20N4OS/c1-5-13(14(20)17-15-19-18-11(4)21-15)16-12-7-6-9(2)10(3)8-12/h6-8,13,16H,5H2,1-4H3,(H,17,19,20)/t13-/m0/s1. The van der Waals surface area contributed by atoms with Gasteiger partial charge in [0.1, 0.15) is 11.0 Å². The molecule has 112 valence electrons. The van der Waals surface area contributed by atoms with Crippen molar-refractivity contribution in [2.75, 3.05) is 10.6 Å². The molecule has 0 bridgehead atoms. The molecule has 0 aliphatic rings. The van der Waals surface area contributed by atoms with Gasteiger partial charge in [0.05, 0.1) is 0 Å². The predicted octanol–water partition coefficient (Wildman–Crippen LogP) is 3.29. The van der Waals surface area contributed by atoms with Gasteiger partial charge in [-0.3, -0.25) is 10.1 Å². The number of hydrogen-bond donors (Lipinski definition) is 2. The van der Waals surface area contributed by atoms with Crippen LogP contribution in [-0.2, 0) is 4.79 Å². The molecule has 0 aliphatic heterocycles. The zero-order valence-corrected chi connectivity index (χ0v) is 13.5. The first kappa shape index (κ1) is 15.4. The minimum absolute atomic E-state index is 0.0909. The Balaban J connectivity index is 2.04. The number of aromatic nitrogens is 2. The van der Waals surface area contributed by atoms with E-state index in [0.717, 1.165) is 10.7 Å². The average molecular weight is 304 g/mol. The number of benzene rings is 1. The molecule has 6 heteroatoms. The second-order valence-corrected chi connectivity index (χ2v) is 6.20. The summed E-state index contributed by atoms with van der Waals surface area (Å²) < 4.78 is 0. The molecule has 5 nitrogen and oxygen atoms in total. The summed E-state index contributed by atoms with van der Waals surface area (Å²) in [7, 11) is 0. The number of carbonyl (C=O) groups excluding carboxylic acids is 1. The maximum atomic E-state index is 12.3. The first-order chi connectivity index (χ1) is 9.99. The van der Waals surface area contributed by atoms with Gasteiger partial charge in [-0.05, 0) is 50.5 Å². The van der Waals surface area contributed by atoms with Crippen LogP contribution in [0.3, 0.4) is 0 Å². The lowest BCUT2D eigenvalue weighted by molar-refractivity contribution is -0.117. The molecule has 1 amide bonds. The summed E-state index contributed by atoms with van der Waals surface area (Å²) in [6.45, 7) is 7.97. The van der Waals surface area contributed by atoms with Crippen molar-refractivity contribution in [2.45, 2.75) is 40.2 Å². The minimum atomic E-state index is -0.295. The van der Waals surface area contributed by atoms with Crippen LogP contribution < -0.4 is 10.6 Å². The fourth-order valence-electron chi connectivity index (χ4n) is 1.92. The number of hydrogen-bond acceptors (Lipinski definition) is 5. The number of nitrogens with zero attached hydrogens (tertiary/aromatic N) is 2. The van der Waals surface area contributed by atoms with Gasteiger partial charge in [0.2, 0.25) is 11.0 Å². The summed E-state index contributed by atoms with van der Waals surface area (Å²) >= 11 is 1.37. The van der Waals surface area contributed by atoms with Gasteiger partial charge in [0.15, 0.2) is 0 Å². The van der Waals surface area contributed by atoms with Gasteiger partial charge in [0.25, 0.3) is 0 Å². The number of nitrogens with one attached hydrogen (secondary N) is 2. The van der Waals surface area contributed by atoms with E-state index in [1.807, 2.05) is 19.9 Å². The third kappa shape index (κ3) is 4.01. The molecule has 0 aliphatic carbocycles. The van der Waals surface area contributed by atoms with Crippen molar-refractivity contribution in [3.63, 3.8) is 0 Å². The quantitative estimate of drug-likeness (QED) is 0.889. The summed E-state index contributed by atoms with van der Waals surface area (Å²) in [5.74, 6) is -0.0909. The van der Waals surface area contributed by atoms with E-state index in [0.29, 0.717) is 11.6 Å². The molecule has 2 rings (SSSR count). The SMILES string of the molecule is CC[C@H](Nc1ccc(C)c(C)c1)C(=O)Nc1nnc(C)s1. The lowest BCUT2D eigenvalue weighted by Gasteiger charge is -2.17. The number of amides is 1. The van der Waals surface area contributed by atoms with Crippen molar-refractivity contribution in [3.8, 4) is 0 Å². The fraction of sp³-hybridized carbons (Fsp3) is 0.400. The zero-order valence-electron chi connectivity index (χ0n) is 12.7. The summed E-state index contributed by atoms with van der Waals surface area (Å²) in [5.41, 5.74) is 3.39. The lowest BCUT2D eigenvalue weighted by atomic mass is 10.1. The Morgan fingerprint density at radius 3 is 2.57 bits per heavy atom. The first-order valence-electron chi connectivity index (χ1n) is 6.94. The molecule has 1 aromatic heterocycles. The largest absolute Gasteiger partial charge is 0.374 e. The second-order valence-electron chi connectivity index (χ2n) is 5.02. The summed E-state index contributed by atoms with van der Waals surface area (Å²) in [6.07, 6.45) is 0.691. The Labute approximate surface area is 128 Å². The number of anilines is 2. The highest BCUT2D eigenvalue weighted by Crippen LogP contribution is 2.18. The number of aryl methyl sites for hydroxylation is 3. The smallest absolute Gasteiger partial charge is 0.248 e. The highest BCUT2D eigenvalue weighted by Gasteiger charge is 2.18. The van der Waals surface area contributed by atoms with E-state index in [4.69, 9.17) is 0 Å². The van der Waals surface area contributed by atoms with Crippen molar-refractivity contribution in [3.05, 3.63) is 34.3 Å². The van der Waals surface area contributed by atoms with Crippen molar-refractivity contribution >= 4 is 28.1 Å². The van der Waals surface area contributed by atoms with E-state index in [-0.39, 0.29) is 11.9 Å². The highest BCUT2D eigenvalue weighted by atomic mass is 32.1. The molecule has 0 unspecified atom stereocenters. The predicted molar refractivity (Wildman–Crippen MR) is 86.9 cm³/mol. The fourth-order valence-corrected chi connectivity index (χ4v) is 2.52. The van der Waals surface area contributed by atoms with Gasteiger partial charge in [0, 0.05) is 5.69 Å². The van der Waals surface area contributed by atoms with Gasteiger partial charge in [-0.25, -0.2) is 0 Å². The average Bonchev–Trinajstić information content (AvgIpc) is 2.85. The van der Waals surface area contributed by atoms with E-state index in [1.54, 1.807) is 0 Å². The van der Waals surface area contributed by atoms with Crippen molar-refractivity contribution in [2.24, 2.45) is 0 Å². The van der Waals surface area contributed by atoms with Crippen LogP contribution in [0.1, 0.15) is 29.5 Å². The molecule has 0 fully saturated rings. The molecule has 1 aromatic carbocycles. The van der Waals surface area contributed by atoms with Gasteiger partial charge in [-0.15, -0.1) is 10.2 Å². The molecule has 1 heterocycles. The summed E-state index contributed by atoms with van der Waals surface area (Å²) in [6, 6.07) is 5.81. The molecular weight excluding hydrogens is 284 g/mol. The third-order valence-electron chi connectivity index (χ3n) is 3.33. The van der Waals surface area contributed by atoms with Crippen LogP contribution in [0.5, 0.6) is 0 Å². The molecule has 0 radical (unpaired) electrons. The molecule has 1 atom stereocenters. The van der Waals surface area contributed by atoms with E-state index in [1.165, 1.54) is 22.5 Å². The van der Waals surface area contributed by atoms with E-state index in [9.17, 15) is 4.79 Å². The Morgan fingerprint density at radius 1 is 1.24 bits per heavy atom. The molecule has 2 aromatic rings. The molecule has 0 spiro atoms. The topological polar surface area (TPSA) is 66.9 Å². The van der Waals surface area contributed by atoms with Crippen molar-refractivity contribution < 1.29 is 4.79 Å². The van der Waals surface area contributed by atoms with Crippen LogP contribution in [-0.4, -0.2) is 22.1 Å². The van der Waals surface area contributed by atoms with Gasteiger partial charge in [-0.1, -0.05) is 24.3 Å². The maximum absolute atomic E-state index is 12.3. The Morgan fingerprint density at radius 2 is 2.00 bits per heavy atom. The normalized spacial score (nSPS) is 12.0.